The molecule has 0 saturated heterocycles. The van der Waals surface area contributed by atoms with Crippen LogP contribution in [-0.2, 0) is 22.8 Å². The quantitative estimate of drug-likeness (QED) is 0.510. The summed E-state index contributed by atoms with van der Waals surface area (Å²) in [5.74, 6) is 0.173. The molecule has 5 nitrogen and oxygen atoms in total. The predicted molar refractivity (Wildman–Crippen MR) is 78.3 cm³/mol. The minimum atomic E-state index is -2.69. The molecule has 0 atom stereocenters. The first-order valence-electron chi connectivity index (χ1n) is 7.31. The summed E-state index contributed by atoms with van der Waals surface area (Å²) in [4.78, 5) is 12.1. The van der Waals surface area contributed by atoms with Crippen LogP contribution < -0.4 is 0 Å². The second-order valence-corrected chi connectivity index (χ2v) is 8.79. The van der Waals surface area contributed by atoms with Crippen LogP contribution in [-0.4, -0.2) is 41.7 Å². The summed E-state index contributed by atoms with van der Waals surface area (Å²) < 4.78 is 21.8. The summed E-state index contributed by atoms with van der Waals surface area (Å²) in [6.45, 7) is 4.24. The van der Waals surface area contributed by atoms with Crippen LogP contribution >= 0.6 is 0 Å². The van der Waals surface area contributed by atoms with Crippen molar-refractivity contribution in [2.24, 2.45) is 5.92 Å². The van der Waals surface area contributed by atoms with E-state index in [9.17, 15) is 4.79 Å². The highest BCUT2D eigenvalue weighted by molar-refractivity contribution is 6.60. The Morgan fingerprint density at radius 1 is 1.10 bits per heavy atom. The van der Waals surface area contributed by atoms with Crippen molar-refractivity contribution in [2.75, 3.05) is 21.3 Å². The van der Waals surface area contributed by atoms with Gasteiger partial charge in [-0.15, -0.1) is 0 Å². The van der Waals surface area contributed by atoms with Gasteiger partial charge in [0.05, 0.1) is 0 Å². The van der Waals surface area contributed by atoms with E-state index in [4.69, 9.17) is 18.0 Å². The fourth-order valence-electron chi connectivity index (χ4n) is 2.86. The lowest BCUT2D eigenvalue weighted by atomic mass is 9.88. The molecule has 0 amide bonds. The zero-order valence-corrected chi connectivity index (χ0v) is 14.4. The Morgan fingerprint density at radius 3 is 2.00 bits per heavy atom. The molecule has 0 N–H and O–H groups in total. The minimum Gasteiger partial charge on any atom is -0.459 e. The topological polar surface area (TPSA) is 54.0 Å². The first-order chi connectivity index (χ1) is 9.43. The van der Waals surface area contributed by atoms with Gasteiger partial charge in [0, 0.05) is 33.8 Å². The van der Waals surface area contributed by atoms with E-state index >= 15 is 0 Å². The number of rotatable bonds is 8. The molecule has 20 heavy (non-hydrogen) atoms. The molecular weight excluding hydrogens is 276 g/mol. The van der Waals surface area contributed by atoms with Gasteiger partial charge in [0.15, 0.2) is 0 Å². The van der Waals surface area contributed by atoms with Crippen LogP contribution in [0.15, 0.2) is 0 Å². The van der Waals surface area contributed by atoms with Gasteiger partial charge < -0.3 is 18.0 Å². The van der Waals surface area contributed by atoms with E-state index in [1.807, 2.05) is 0 Å². The molecule has 1 saturated carbocycles. The van der Waals surface area contributed by atoms with E-state index in [1.165, 1.54) is 0 Å². The van der Waals surface area contributed by atoms with Crippen molar-refractivity contribution in [3.8, 4) is 0 Å². The Balaban J connectivity index is 2.55. The lowest BCUT2D eigenvalue weighted by Crippen LogP contribution is -2.44. The zero-order valence-electron chi connectivity index (χ0n) is 13.4. The van der Waals surface area contributed by atoms with Crippen LogP contribution in [0.25, 0.3) is 0 Å². The Kier molecular flexibility index (Phi) is 6.64. The van der Waals surface area contributed by atoms with Gasteiger partial charge >= 0.3 is 14.8 Å². The third-order valence-electron chi connectivity index (χ3n) is 4.39. The molecule has 0 radical (unpaired) electrons. The molecule has 1 rings (SSSR count). The van der Waals surface area contributed by atoms with Crippen LogP contribution in [0.4, 0.5) is 0 Å². The van der Waals surface area contributed by atoms with Gasteiger partial charge in [-0.25, -0.2) is 0 Å². The molecule has 0 aromatic carbocycles. The van der Waals surface area contributed by atoms with Gasteiger partial charge in [-0.05, 0) is 31.6 Å². The second kappa shape index (κ2) is 7.54. The summed E-state index contributed by atoms with van der Waals surface area (Å²) in [6.07, 6.45) is 4.49. The lowest BCUT2D eigenvalue weighted by Gasteiger charge is -2.33. The van der Waals surface area contributed by atoms with E-state index in [-0.39, 0.29) is 18.0 Å². The summed E-state index contributed by atoms with van der Waals surface area (Å²) >= 11 is 0. The molecule has 0 unspecified atom stereocenters. The first kappa shape index (κ1) is 17.6. The number of carbonyl (C=O) groups is 1. The van der Waals surface area contributed by atoms with Gasteiger partial charge in [-0.1, -0.05) is 13.8 Å². The second-order valence-electron chi connectivity index (χ2n) is 5.70. The van der Waals surface area contributed by atoms with E-state index in [0.717, 1.165) is 25.7 Å². The van der Waals surface area contributed by atoms with Crippen LogP contribution in [0.2, 0.25) is 6.04 Å². The van der Waals surface area contributed by atoms with Gasteiger partial charge in [0.2, 0.25) is 0 Å². The molecule has 1 aliphatic carbocycles. The van der Waals surface area contributed by atoms with E-state index < -0.39 is 8.80 Å². The fraction of sp³-hybridized carbons (Fsp3) is 0.929. The van der Waals surface area contributed by atoms with Crippen LogP contribution in [0, 0.1) is 5.92 Å². The maximum absolute atomic E-state index is 12.1. The van der Waals surface area contributed by atoms with Crippen molar-refractivity contribution in [1.82, 2.24) is 0 Å². The Bertz CT molecular complexity index is 300. The summed E-state index contributed by atoms with van der Waals surface area (Å²) in [7, 11) is 1.97. The largest absolute Gasteiger partial charge is 0.500 e. The average Bonchev–Trinajstić information content (AvgIpc) is 2.91. The van der Waals surface area contributed by atoms with E-state index in [0.29, 0.717) is 12.0 Å². The minimum absolute atomic E-state index is 0.177. The summed E-state index contributed by atoms with van der Waals surface area (Å²) in [5, 5.41) is 0. The van der Waals surface area contributed by atoms with Crippen molar-refractivity contribution in [3.63, 3.8) is 0 Å². The van der Waals surface area contributed by atoms with Crippen LogP contribution in [0.1, 0.15) is 46.0 Å². The molecule has 0 bridgehead atoms. The number of hydrogen-bond donors (Lipinski definition) is 0. The number of hydrogen-bond acceptors (Lipinski definition) is 5. The Labute approximate surface area is 123 Å². The van der Waals surface area contributed by atoms with Gasteiger partial charge in [0.1, 0.15) is 5.60 Å². The standard InChI is InChI=1S/C14H28O5Si/c1-12(2)14(9-6-7-10-14)19-13(15)8-11-20(16-3,17-4)18-5/h12H,6-11H2,1-5H3. The maximum Gasteiger partial charge on any atom is 0.500 e. The fourth-order valence-corrected chi connectivity index (χ4v) is 4.48. The Morgan fingerprint density at radius 2 is 1.60 bits per heavy atom. The first-order valence-corrected chi connectivity index (χ1v) is 9.24. The highest BCUT2D eigenvalue weighted by atomic mass is 28.4. The van der Waals surface area contributed by atoms with Gasteiger partial charge in [0.25, 0.3) is 0 Å². The molecule has 6 heteroatoms. The van der Waals surface area contributed by atoms with Crippen LogP contribution in [0.5, 0.6) is 0 Å². The molecule has 1 aliphatic rings. The third kappa shape index (κ3) is 4.04. The number of esters is 1. The molecule has 0 heterocycles. The smallest absolute Gasteiger partial charge is 0.459 e. The van der Waals surface area contributed by atoms with E-state index in [2.05, 4.69) is 13.8 Å². The number of ether oxygens (including phenoxy) is 1. The predicted octanol–water partition coefficient (Wildman–Crippen LogP) is 2.77. The molecule has 0 spiro atoms. The molecule has 0 aromatic heterocycles. The molecule has 1 fully saturated rings. The molecule has 0 aliphatic heterocycles. The highest BCUT2D eigenvalue weighted by Gasteiger charge is 2.42. The normalized spacial score (nSPS) is 18.5. The number of carbonyl (C=O) groups excluding carboxylic acids is 1. The third-order valence-corrected chi connectivity index (χ3v) is 7.12. The zero-order chi connectivity index (χ0) is 15.2. The monoisotopic (exact) mass is 304 g/mol. The summed E-state index contributed by atoms with van der Waals surface area (Å²) in [5.41, 5.74) is -0.269. The molecular formula is C14H28O5Si. The summed E-state index contributed by atoms with van der Waals surface area (Å²) in [6, 6.07) is 0.448. The van der Waals surface area contributed by atoms with Gasteiger partial charge in [-0.2, -0.15) is 0 Å². The van der Waals surface area contributed by atoms with Gasteiger partial charge in [-0.3, -0.25) is 4.79 Å². The Hall–Kier alpha value is -0.433. The highest BCUT2D eigenvalue weighted by Crippen LogP contribution is 2.39. The molecule has 118 valence electrons. The van der Waals surface area contributed by atoms with Crippen molar-refractivity contribution >= 4 is 14.8 Å². The van der Waals surface area contributed by atoms with Crippen molar-refractivity contribution in [1.29, 1.82) is 0 Å². The van der Waals surface area contributed by atoms with Crippen molar-refractivity contribution in [3.05, 3.63) is 0 Å². The molecule has 0 aromatic rings. The SMILES string of the molecule is CO[Si](CCC(=O)OC1(C(C)C)CCCC1)(OC)OC. The van der Waals surface area contributed by atoms with E-state index in [1.54, 1.807) is 21.3 Å². The lowest BCUT2D eigenvalue weighted by molar-refractivity contribution is -0.164. The van der Waals surface area contributed by atoms with Crippen molar-refractivity contribution < 1.29 is 22.8 Å². The van der Waals surface area contributed by atoms with Crippen molar-refractivity contribution in [2.45, 2.75) is 57.6 Å². The van der Waals surface area contributed by atoms with Crippen LogP contribution in [0.3, 0.4) is 0 Å². The maximum atomic E-state index is 12.1. The average molecular weight is 304 g/mol.